The van der Waals surface area contributed by atoms with Crippen molar-refractivity contribution in [2.75, 3.05) is 13.2 Å². The van der Waals surface area contributed by atoms with Gasteiger partial charge in [-0.25, -0.2) is 0 Å². The maximum atomic E-state index is 12.8. The second-order valence-corrected chi connectivity index (χ2v) is 19.5. The predicted octanol–water partition coefficient (Wildman–Crippen LogP) is 21.1. The Hall–Kier alpha value is -5.23. The summed E-state index contributed by atoms with van der Waals surface area (Å²) in [5.41, 5.74) is 0. The normalized spacial score (nSPS) is 13.3. The molecule has 1 atom stereocenters. The maximum absolute atomic E-state index is 12.8. The fourth-order valence-electron chi connectivity index (χ4n) is 7.75. The van der Waals surface area contributed by atoms with Crippen molar-refractivity contribution in [3.05, 3.63) is 170 Å². The van der Waals surface area contributed by atoms with Crippen LogP contribution in [-0.2, 0) is 28.6 Å². The van der Waals surface area contributed by atoms with Gasteiger partial charge in [0.15, 0.2) is 6.10 Å². The topological polar surface area (TPSA) is 78.9 Å². The number of ether oxygens (including phenoxy) is 3. The Morgan fingerprint density at radius 3 is 0.844 bits per heavy atom. The van der Waals surface area contributed by atoms with E-state index in [-0.39, 0.29) is 38.0 Å². The zero-order valence-corrected chi connectivity index (χ0v) is 49.1. The summed E-state index contributed by atoms with van der Waals surface area (Å²) in [4.78, 5) is 38.2. The summed E-state index contributed by atoms with van der Waals surface area (Å²) in [6, 6.07) is 0. The number of carbonyl (C=O) groups is 3. The number of esters is 3. The van der Waals surface area contributed by atoms with E-state index in [2.05, 4.69) is 179 Å². The van der Waals surface area contributed by atoms with Crippen LogP contribution in [-0.4, -0.2) is 37.2 Å². The number of hydrogen-bond donors (Lipinski definition) is 0. The second-order valence-electron chi connectivity index (χ2n) is 19.5. The molecule has 77 heavy (non-hydrogen) atoms. The average Bonchev–Trinajstić information content (AvgIpc) is 3.43. The lowest BCUT2D eigenvalue weighted by molar-refractivity contribution is -0.166. The van der Waals surface area contributed by atoms with Gasteiger partial charge in [0.25, 0.3) is 0 Å². The van der Waals surface area contributed by atoms with E-state index in [4.69, 9.17) is 14.2 Å². The van der Waals surface area contributed by atoms with E-state index < -0.39 is 12.1 Å². The van der Waals surface area contributed by atoms with Crippen molar-refractivity contribution in [3.8, 4) is 0 Å². The molecule has 0 aliphatic rings. The number of allylic oxidation sites excluding steroid dienone is 28. The highest BCUT2D eigenvalue weighted by Gasteiger charge is 2.19. The van der Waals surface area contributed by atoms with Gasteiger partial charge in [0.1, 0.15) is 13.2 Å². The highest BCUT2D eigenvalue weighted by Crippen LogP contribution is 2.15. The third-order valence-electron chi connectivity index (χ3n) is 12.2. The lowest BCUT2D eigenvalue weighted by atomic mass is 10.0. The molecule has 0 saturated carbocycles. The van der Waals surface area contributed by atoms with Crippen molar-refractivity contribution >= 4 is 17.9 Å². The van der Waals surface area contributed by atoms with Gasteiger partial charge < -0.3 is 14.2 Å². The molecule has 0 saturated heterocycles. The van der Waals surface area contributed by atoms with E-state index >= 15 is 0 Å². The molecule has 0 aliphatic heterocycles. The minimum atomic E-state index is -0.846. The molecule has 0 bridgehead atoms. The van der Waals surface area contributed by atoms with Gasteiger partial charge in [0.2, 0.25) is 0 Å². The SMILES string of the molecule is CC/C=C\C/C=C\C/C=C\C/C=C\C/C=C\CCCCCCCCCCCCCCCC(=O)OCC(COC(=O)CC/C=C\C/C=C\C/C=C\C/C=C\CC)OC(=O)CCC/C=C\C/C=C\C/C=C\C/C=C\C/C=C\CC. The molecule has 6 heteroatoms. The van der Waals surface area contributed by atoms with E-state index in [0.29, 0.717) is 19.3 Å². The van der Waals surface area contributed by atoms with Crippen molar-refractivity contribution in [3.63, 3.8) is 0 Å². The van der Waals surface area contributed by atoms with E-state index in [0.717, 1.165) is 116 Å². The fraction of sp³-hybridized carbons (Fsp3) is 0.563. The average molecular weight is 1060 g/mol. The molecule has 0 N–H and O–H groups in total. The number of hydrogen-bond acceptors (Lipinski definition) is 6. The largest absolute Gasteiger partial charge is 0.462 e. The molecule has 0 aromatic heterocycles. The Kier molecular flexibility index (Phi) is 59.0. The molecule has 0 amide bonds. The first kappa shape index (κ1) is 71.8. The smallest absolute Gasteiger partial charge is 0.306 e. The summed E-state index contributed by atoms with van der Waals surface area (Å²) >= 11 is 0. The van der Waals surface area contributed by atoms with Crippen LogP contribution in [0.2, 0.25) is 0 Å². The monoisotopic (exact) mass is 1060 g/mol. The molecule has 0 fully saturated rings. The number of rotatable bonds is 53. The Labute approximate surface area is 472 Å². The van der Waals surface area contributed by atoms with Gasteiger partial charge in [-0.2, -0.15) is 0 Å². The van der Waals surface area contributed by atoms with E-state index in [1.807, 2.05) is 12.2 Å². The van der Waals surface area contributed by atoms with Gasteiger partial charge in [-0.15, -0.1) is 0 Å². The standard InChI is InChI=1S/C71H110O6/c1-4-7-10-13-16-19-22-25-27-29-30-31-32-33-34-35-36-37-38-39-40-42-43-46-49-52-55-58-61-64-70(73)76-67-68(66-75-69(72)63-60-57-54-51-48-45-24-21-18-15-12-9-6-3)77-71(74)65-62-59-56-53-50-47-44-41-28-26-23-20-17-14-11-8-5-2/h7-12,16-21,25-28,30-31,33-34,44-45,47-48,53-54,56-57,68H,4-6,13-15,22-24,29,32,35-43,46,49-52,55,58-67H2,1-3H3/b10-7-,11-8-,12-9-,19-16-,20-17-,21-18-,27-25-,28-26-,31-30-,34-33-,47-44-,48-45-,56-53-,57-54-. The van der Waals surface area contributed by atoms with E-state index in [1.54, 1.807) is 0 Å². The fourth-order valence-corrected chi connectivity index (χ4v) is 7.75. The highest BCUT2D eigenvalue weighted by molar-refractivity contribution is 5.71. The lowest BCUT2D eigenvalue weighted by Gasteiger charge is -2.18. The highest BCUT2D eigenvalue weighted by atomic mass is 16.6. The van der Waals surface area contributed by atoms with Crippen LogP contribution in [0, 0.1) is 0 Å². The molecule has 0 heterocycles. The minimum Gasteiger partial charge on any atom is -0.462 e. The first-order valence-electron chi connectivity index (χ1n) is 30.6. The lowest BCUT2D eigenvalue weighted by Crippen LogP contribution is -2.30. The van der Waals surface area contributed by atoms with Gasteiger partial charge in [0.05, 0.1) is 0 Å². The summed E-state index contributed by atoms with van der Waals surface area (Å²) in [5, 5.41) is 0. The molecule has 0 aliphatic carbocycles. The Morgan fingerprint density at radius 1 is 0.260 bits per heavy atom. The van der Waals surface area contributed by atoms with Gasteiger partial charge >= 0.3 is 17.9 Å². The molecule has 0 radical (unpaired) electrons. The van der Waals surface area contributed by atoms with Crippen LogP contribution in [0.15, 0.2) is 170 Å². The van der Waals surface area contributed by atoms with Gasteiger partial charge in [-0.1, -0.05) is 262 Å². The third-order valence-corrected chi connectivity index (χ3v) is 12.2. The van der Waals surface area contributed by atoms with Gasteiger partial charge in [0, 0.05) is 19.3 Å². The zero-order valence-electron chi connectivity index (χ0n) is 49.1. The minimum absolute atomic E-state index is 0.130. The van der Waals surface area contributed by atoms with Crippen LogP contribution in [0.4, 0.5) is 0 Å². The Balaban J connectivity index is 4.39. The predicted molar refractivity (Wildman–Crippen MR) is 334 cm³/mol. The quantitative estimate of drug-likeness (QED) is 0.0261. The Morgan fingerprint density at radius 2 is 0.506 bits per heavy atom. The summed E-state index contributed by atoms with van der Waals surface area (Å²) in [5.74, 6) is -1.08. The van der Waals surface area contributed by atoms with Crippen molar-refractivity contribution in [2.24, 2.45) is 0 Å². The van der Waals surface area contributed by atoms with Crippen LogP contribution in [0.25, 0.3) is 0 Å². The molecule has 430 valence electrons. The van der Waals surface area contributed by atoms with Crippen molar-refractivity contribution in [1.82, 2.24) is 0 Å². The van der Waals surface area contributed by atoms with Crippen LogP contribution < -0.4 is 0 Å². The van der Waals surface area contributed by atoms with E-state index in [9.17, 15) is 14.4 Å². The number of carbonyl (C=O) groups excluding carboxylic acids is 3. The first-order chi connectivity index (χ1) is 38.0. The molecule has 0 aromatic carbocycles. The summed E-state index contributed by atoms with van der Waals surface area (Å²) in [6.45, 7) is 6.17. The molecule has 0 spiro atoms. The third kappa shape index (κ3) is 61.5. The molecular formula is C71H110O6. The van der Waals surface area contributed by atoms with Crippen LogP contribution in [0.3, 0.4) is 0 Å². The molecule has 6 nitrogen and oxygen atoms in total. The van der Waals surface area contributed by atoms with Crippen molar-refractivity contribution in [2.45, 2.75) is 245 Å². The summed E-state index contributed by atoms with van der Waals surface area (Å²) < 4.78 is 16.7. The van der Waals surface area contributed by atoms with E-state index in [1.165, 1.54) is 70.6 Å². The molecule has 0 rings (SSSR count). The maximum Gasteiger partial charge on any atom is 0.306 e. The molecule has 1 unspecified atom stereocenters. The van der Waals surface area contributed by atoms with Gasteiger partial charge in [-0.05, 0) is 128 Å². The zero-order chi connectivity index (χ0) is 55.7. The molecule has 0 aromatic rings. The van der Waals surface area contributed by atoms with Gasteiger partial charge in [-0.3, -0.25) is 14.4 Å². The van der Waals surface area contributed by atoms with Crippen LogP contribution in [0.5, 0.6) is 0 Å². The second kappa shape index (κ2) is 63.3. The van der Waals surface area contributed by atoms with Crippen LogP contribution >= 0.6 is 0 Å². The Bertz CT molecular complexity index is 1790. The number of unbranched alkanes of at least 4 members (excludes halogenated alkanes) is 14. The first-order valence-corrected chi connectivity index (χ1v) is 30.6. The van der Waals surface area contributed by atoms with Crippen molar-refractivity contribution < 1.29 is 28.6 Å². The van der Waals surface area contributed by atoms with Crippen LogP contribution in [0.1, 0.15) is 239 Å². The summed E-state index contributed by atoms with van der Waals surface area (Å²) in [7, 11) is 0. The van der Waals surface area contributed by atoms with Crippen molar-refractivity contribution in [1.29, 1.82) is 0 Å². The molecular weight excluding hydrogens is 949 g/mol. The summed E-state index contributed by atoms with van der Waals surface area (Å²) in [6.07, 6.45) is 93.8.